The molecule has 14 heteroatoms. The van der Waals surface area contributed by atoms with Crippen molar-refractivity contribution in [1.29, 1.82) is 0 Å². The predicted molar refractivity (Wildman–Crippen MR) is 101 cm³/mol. The van der Waals surface area contributed by atoms with Gasteiger partial charge in [-0.05, 0) is 19.8 Å². The summed E-state index contributed by atoms with van der Waals surface area (Å²) in [4.78, 5) is 69.3. The molecule has 0 rings (SSSR count). The number of rotatable bonds is 14. The number of aliphatic carboxylic acids is 1. The highest BCUT2D eigenvalue weighted by Gasteiger charge is 2.28. The fourth-order valence-corrected chi connectivity index (χ4v) is 2.12. The van der Waals surface area contributed by atoms with E-state index in [1.807, 2.05) is 5.32 Å². The van der Waals surface area contributed by atoms with Gasteiger partial charge < -0.3 is 43.4 Å². The summed E-state index contributed by atoms with van der Waals surface area (Å²) in [6.45, 7) is 0.386. The van der Waals surface area contributed by atoms with Crippen molar-refractivity contribution in [3.63, 3.8) is 0 Å². The van der Waals surface area contributed by atoms with E-state index >= 15 is 0 Å². The Morgan fingerprint density at radius 1 is 0.800 bits per heavy atom. The minimum absolute atomic E-state index is 0.0676. The van der Waals surface area contributed by atoms with Gasteiger partial charge in [0, 0.05) is 12.8 Å². The number of aliphatic hydroxyl groups is 1. The zero-order chi connectivity index (χ0) is 23.4. The summed E-state index contributed by atoms with van der Waals surface area (Å²) in [5.74, 6) is -5.42. The quantitative estimate of drug-likeness (QED) is 0.131. The first-order valence-electron chi connectivity index (χ1n) is 8.96. The summed E-state index contributed by atoms with van der Waals surface area (Å²) in [6, 6.07) is -5.23. The lowest BCUT2D eigenvalue weighted by molar-refractivity contribution is -0.143. The number of carbonyl (C=O) groups is 6. The van der Waals surface area contributed by atoms with Gasteiger partial charge in [-0.3, -0.25) is 24.0 Å². The number of nitrogens with two attached hydrogens (primary N) is 3. The molecule has 0 radical (unpaired) electrons. The normalized spacial score (nSPS) is 14.5. The summed E-state index contributed by atoms with van der Waals surface area (Å²) in [6.07, 6.45) is -0.680. The van der Waals surface area contributed by atoms with E-state index in [1.54, 1.807) is 0 Å². The van der Waals surface area contributed by atoms with Crippen LogP contribution < -0.4 is 33.2 Å². The molecule has 0 bridgehead atoms. The Bertz CT molecular complexity index is 670. The molecule has 0 aliphatic heterocycles. The third kappa shape index (κ3) is 10.3. The standard InChI is InChI=1S/C16H28N6O8/c1-7(13(26)22-10(6-23)16(29)30)20-15(28)9(3-5-12(19)25)21-14(27)8(17)2-4-11(18)24/h7-10,23H,2-6,17H2,1H3,(H2,18,24)(H2,19,25)(H,20,28)(H,21,27)(H,22,26)(H,29,30). The molecule has 5 amide bonds. The summed E-state index contributed by atoms with van der Waals surface area (Å²) >= 11 is 0. The Morgan fingerprint density at radius 3 is 1.77 bits per heavy atom. The molecule has 4 unspecified atom stereocenters. The van der Waals surface area contributed by atoms with E-state index in [-0.39, 0.29) is 25.7 Å². The van der Waals surface area contributed by atoms with Gasteiger partial charge in [0.1, 0.15) is 18.1 Å². The van der Waals surface area contributed by atoms with E-state index in [9.17, 15) is 28.8 Å². The van der Waals surface area contributed by atoms with Crippen molar-refractivity contribution in [3.05, 3.63) is 0 Å². The molecular weight excluding hydrogens is 404 g/mol. The second-order valence-corrected chi connectivity index (χ2v) is 6.49. The number of aliphatic hydroxyl groups excluding tert-OH is 1. The molecule has 0 aromatic carbocycles. The smallest absolute Gasteiger partial charge is 0.328 e. The molecule has 0 aliphatic carbocycles. The van der Waals surface area contributed by atoms with Gasteiger partial charge in [0.25, 0.3) is 0 Å². The molecule has 0 heterocycles. The van der Waals surface area contributed by atoms with Crippen molar-refractivity contribution < 1.29 is 39.0 Å². The predicted octanol–water partition coefficient (Wildman–Crippen LogP) is -4.60. The minimum atomic E-state index is -1.56. The van der Waals surface area contributed by atoms with Gasteiger partial charge in [-0.2, -0.15) is 0 Å². The summed E-state index contributed by atoms with van der Waals surface area (Å²) < 4.78 is 0. The lowest BCUT2D eigenvalue weighted by Crippen LogP contribution is -2.56. The lowest BCUT2D eigenvalue weighted by atomic mass is 10.1. The maximum absolute atomic E-state index is 12.4. The van der Waals surface area contributed by atoms with Crippen LogP contribution in [-0.2, 0) is 28.8 Å². The third-order valence-corrected chi connectivity index (χ3v) is 3.90. The first kappa shape index (κ1) is 26.7. The number of primary amides is 2. The number of hydrogen-bond donors (Lipinski definition) is 8. The first-order chi connectivity index (χ1) is 13.9. The van der Waals surface area contributed by atoms with Crippen LogP contribution in [0.5, 0.6) is 0 Å². The van der Waals surface area contributed by atoms with Crippen LogP contribution in [0, 0.1) is 0 Å². The van der Waals surface area contributed by atoms with Crippen molar-refractivity contribution in [2.24, 2.45) is 17.2 Å². The number of carboxylic acids is 1. The van der Waals surface area contributed by atoms with Gasteiger partial charge in [-0.25, -0.2) is 4.79 Å². The Morgan fingerprint density at radius 2 is 1.30 bits per heavy atom. The van der Waals surface area contributed by atoms with Gasteiger partial charge in [0.05, 0.1) is 12.6 Å². The van der Waals surface area contributed by atoms with Gasteiger partial charge in [0.2, 0.25) is 29.5 Å². The number of nitrogens with one attached hydrogen (secondary N) is 3. The first-order valence-corrected chi connectivity index (χ1v) is 8.96. The molecule has 0 fully saturated rings. The maximum Gasteiger partial charge on any atom is 0.328 e. The van der Waals surface area contributed by atoms with E-state index in [0.29, 0.717) is 0 Å². The van der Waals surface area contributed by atoms with Crippen LogP contribution in [0.25, 0.3) is 0 Å². The molecule has 0 aromatic rings. The van der Waals surface area contributed by atoms with Gasteiger partial charge in [-0.1, -0.05) is 0 Å². The second-order valence-electron chi connectivity index (χ2n) is 6.49. The fourth-order valence-electron chi connectivity index (χ4n) is 2.12. The average Bonchev–Trinajstić information content (AvgIpc) is 2.65. The highest BCUT2D eigenvalue weighted by molar-refractivity contribution is 5.94. The maximum atomic E-state index is 12.4. The molecule has 0 spiro atoms. The molecule has 0 saturated heterocycles. The van der Waals surface area contributed by atoms with Crippen LogP contribution in [0.3, 0.4) is 0 Å². The minimum Gasteiger partial charge on any atom is -0.480 e. The molecule has 11 N–H and O–H groups in total. The largest absolute Gasteiger partial charge is 0.480 e. The number of amides is 5. The monoisotopic (exact) mass is 432 g/mol. The Hall–Kier alpha value is -3.26. The van der Waals surface area contributed by atoms with Gasteiger partial charge in [-0.15, -0.1) is 0 Å². The second kappa shape index (κ2) is 13.1. The Kier molecular flexibility index (Phi) is 11.6. The van der Waals surface area contributed by atoms with Gasteiger partial charge >= 0.3 is 5.97 Å². The van der Waals surface area contributed by atoms with E-state index < -0.39 is 66.3 Å². The SMILES string of the molecule is CC(NC(=O)C(CCC(N)=O)NC(=O)C(N)CCC(N)=O)C(=O)NC(CO)C(=O)O. The van der Waals surface area contributed by atoms with E-state index in [1.165, 1.54) is 6.92 Å². The molecule has 4 atom stereocenters. The molecule has 170 valence electrons. The Balaban J connectivity index is 5.05. The van der Waals surface area contributed by atoms with Crippen molar-refractivity contribution in [3.8, 4) is 0 Å². The van der Waals surface area contributed by atoms with Crippen molar-refractivity contribution in [2.45, 2.75) is 56.8 Å². The third-order valence-electron chi connectivity index (χ3n) is 3.90. The molecule has 30 heavy (non-hydrogen) atoms. The molecule has 14 nitrogen and oxygen atoms in total. The van der Waals surface area contributed by atoms with E-state index in [4.69, 9.17) is 27.4 Å². The number of carboxylic acid groups (broad SMARTS) is 1. The van der Waals surface area contributed by atoms with E-state index in [0.717, 1.165) is 0 Å². The van der Waals surface area contributed by atoms with Crippen LogP contribution in [0.1, 0.15) is 32.6 Å². The summed E-state index contributed by atoms with van der Waals surface area (Å²) in [7, 11) is 0. The number of carbonyl (C=O) groups excluding carboxylic acids is 5. The zero-order valence-corrected chi connectivity index (χ0v) is 16.4. The number of hydrogen-bond acceptors (Lipinski definition) is 8. The highest BCUT2D eigenvalue weighted by Crippen LogP contribution is 2.02. The van der Waals surface area contributed by atoms with Crippen LogP contribution in [-0.4, -0.2) is 76.5 Å². The molecular formula is C16H28N6O8. The lowest BCUT2D eigenvalue weighted by Gasteiger charge is -2.23. The molecule has 0 saturated carbocycles. The fraction of sp³-hybridized carbons (Fsp3) is 0.625. The zero-order valence-electron chi connectivity index (χ0n) is 16.4. The topological polar surface area (TPSA) is 257 Å². The molecule has 0 aromatic heterocycles. The summed E-state index contributed by atoms with van der Waals surface area (Å²) in [5, 5.41) is 24.4. The van der Waals surface area contributed by atoms with Crippen molar-refractivity contribution in [1.82, 2.24) is 16.0 Å². The molecule has 0 aliphatic rings. The van der Waals surface area contributed by atoms with E-state index in [2.05, 4.69) is 10.6 Å². The van der Waals surface area contributed by atoms with Crippen molar-refractivity contribution in [2.75, 3.05) is 6.61 Å². The highest BCUT2D eigenvalue weighted by atomic mass is 16.4. The van der Waals surface area contributed by atoms with Crippen LogP contribution in [0.4, 0.5) is 0 Å². The van der Waals surface area contributed by atoms with Crippen molar-refractivity contribution >= 4 is 35.5 Å². The van der Waals surface area contributed by atoms with Crippen LogP contribution >= 0.6 is 0 Å². The van der Waals surface area contributed by atoms with Crippen LogP contribution in [0.2, 0.25) is 0 Å². The van der Waals surface area contributed by atoms with Gasteiger partial charge in [0.15, 0.2) is 0 Å². The van der Waals surface area contributed by atoms with Crippen LogP contribution in [0.15, 0.2) is 0 Å². The summed E-state index contributed by atoms with van der Waals surface area (Å²) in [5.41, 5.74) is 15.7. The average molecular weight is 432 g/mol. The Labute approximate surface area is 171 Å².